The van der Waals surface area contributed by atoms with E-state index >= 15 is 0 Å². The van der Waals surface area contributed by atoms with Crippen LogP contribution >= 0.6 is 0 Å². The van der Waals surface area contributed by atoms with Crippen LogP contribution in [-0.2, 0) is 0 Å². The van der Waals surface area contributed by atoms with Gasteiger partial charge in [0, 0.05) is 6.21 Å². The van der Waals surface area contributed by atoms with Crippen molar-refractivity contribution in [3.05, 3.63) is 42.0 Å². The van der Waals surface area contributed by atoms with Crippen LogP contribution in [0.4, 0.5) is 0 Å². The first-order valence-electron chi connectivity index (χ1n) is 8.26. The van der Waals surface area contributed by atoms with Gasteiger partial charge in [-0.2, -0.15) is 5.10 Å². The van der Waals surface area contributed by atoms with Gasteiger partial charge in [-0.05, 0) is 59.9 Å². The summed E-state index contributed by atoms with van der Waals surface area (Å²) in [6.45, 7) is 0. The lowest BCUT2D eigenvalue weighted by Crippen LogP contribution is -2.20. The molecule has 3 atom stereocenters. The molecule has 0 saturated heterocycles. The normalized spacial score (nSPS) is 26.2. The first kappa shape index (κ1) is 14.2. The predicted octanol–water partition coefficient (Wildman–Crippen LogP) is 3.70. The fourth-order valence-electron chi connectivity index (χ4n) is 4.14. The third kappa shape index (κ3) is 2.69. The number of nitrogens with one attached hydrogen (secondary N) is 1. The SMILES string of the molecule is O=C(NN=CC1CC2CCC1C2)c1cc2ccccc2cc1O. The number of aromatic hydroxyl groups is 1. The minimum atomic E-state index is -0.368. The van der Waals surface area contributed by atoms with Crippen molar-refractivity contribution in [2.75, 3.05) is 0 Å². The fourth-order valence-corrected chi connectivity index (χ4v) is 4.14. The van der Waals surface area contributed by atoms with E-state index in [1.165, 1.54) is 25.7 Å². The van der Waals surface area contributed by atoms with E-state index in [2.05, 4.69) is 10.5 Å². The first-order chi connectivity index (χ1) is 11.2. The zero-order valence-corrected chi connectivity index (χ0v) is 12.9. The van der Waals surface area contributed by atoms with Crippen LogP contribution in [0, 0.1) is 17.8 Å². The van der Waals surface area contributed by atoms with Gasteiger partial charge in [-0.15, -0.1) is 0 Å². The van der Waals surface area contributed by atoms with Gasteiger partial charge in [0.1, 0.15) is 5.75 Å². The highest BCUT2D eigenvalue weighted by Crippen LogP contribution is 2.47. The van der Waals surface area contributed by atoms with Gasteiger partial charge in [0.25, 0.3) is 5.91 Å². The molecule has 2 saturated carbocycles. The summed E-state index contributed by atoms with van der Waals surface area (Å²) >= 11 is 0. The Kier molecular flexibility index (Phi) is 3.52. The summed E-state index contributed by atoms with van der Waals surface area (Å²) in [4.78, 5) is 12.3. The van der Waals surface area contributed by atoms with E-state index in [1.807, 2.05) is 30.5 Å². The number of amides is 1. The molecule has 4 rings (SSSR count). The standard InChI is InChI=1S/C19H20N2O2/c22-18-10-14-4-2-1-3-13(14)9-17(18)19(23)21-20-11-16-8-12-5-6-15(16)7-12/h1-4,9-12,15-16,22H,5-8H2,(H,21,23). The summed E-state index contributed by atoms with van der Waals surface area (Å²) in [6.07, 6.45) is 7.05. The molecule has 0 heterocycles. The number of nitrogens with zero attached hydrogens (tertiary/aromatic N) is 1. The highest BCUT2D eigenvalue weighted by atomic mass is 16.3. The Hall–Kier alpha value is -2.36. The predicted molar refractivity (Wildman–Crippen MR) is 90.5 cm³/mol. The minimum absolute atomic E-state index is 0.0173. The summed E-state index contributed by atoms with van der Waals surface area (Å²) in [7, 11) is 0. The second-order valence-corrected chi connectivity index (χ2v) is 6.77. The number of benzene rings is 2. The molecule has 4 nitrogen and oxygen atoms in total. The lowest BCUT2D eigenvalue weighted by Gasteiger charge is -2.16. The lowest BCUT2D eigenvalue weighted by molar-refractivity contribution is 0.0952. The van der Waals surface area contributed by atoms with E-state index in [4.69, 9.17) is 0 Å². The molecule has 2 aliphatic carbocycles. The molecular weight excluding hydrogens is 288 g/mol. The van der Waals surface area contributed by atoms with Crippen LogP contribution in [0.5, 0.6) is 5.75 Å². The minimum Gasteiger partial charge on any atom is -0.507 e. The van der Waals surface area contributed by atoms with E-state index in [-0.39, 0.29) is 17.2 Å². The lowest BCUT2D eigenvalue weighted by atomic mass is 9.90. The van der Waals surface area contributed by atoms with Gasteiger partial charge < -0.3 is 5.11 Å². The zero-order chi connectivity index (χ0) is 15.8. The molecule has 0 spiro atoms. The van der Waals surface area contributed by atoms with Crippen LogP contribution in [-0.4, -0.2) is 17.2 Å². The number of hydrogen-bond acceptors (Lipinski definition) is 3. The molecule has 0 radical (unpaired) electrons. The highest BCUT2D eigenvalue weighted by Gasteiger charge is 2.38. The third-order valence-electron chi connectivity index (χ3n) is 5.33. The van der Waals surface area contributed by atoms with Crippen LogP contribution in [0.25, 0.3) is 10.8 Å². The summed E-state index contributed by atoms with van der Waals surface area (Å²) < 4.78 is 0. The van der Waals surface area contributed by atoms with E-state index in [0.717, 1.165) is 22.6 Å². The second kappa shape index (κ2) is 5.69. The molecule has 0 aliphatic heterocycles. The third-order valence-corrected chi connectivity index (χ3v) is 5.33. The van der Waals surface area contributed by atoms with Crippen molar-refractivity contribution in [3.8, 4) is 5.75 Å². The molecule has 23 heavy (non-hydrogen) atoms. The highest BCUT2D eigenvalue weighted by molar-refractivity contribution is 6.01. The van der Waals surface area contributed by atoms with Crippen molar-refractivity contribution in [2.24, 2.45) is 22.9 Å². The number of hydrogen-bond donors (Lipinski definition) is 2. The van der Waals surface area contributed by atoms with Crippen LogP contribution in [0.3, 0.4) is 0 Å². The van der Waals surface area contributed by atoms with Gasteiger partial charge in [-0.25, -0.2) is 5.43 Å². The molecule has 2 N–H and O–H groups in total. The van der Waals surface area contributed by atoms with Gasteiger partial charge in [0.2, 0.25) is 0 Å². The quantitative estimate of drug-likeness (QED) is 0.671. The number of rotatable bonds is 3. The molecule has 4 heteroatoms. The molecule has 0 aromatic heterocycles. The largest absolute Gasteiger partial charge is 0.507 e. The Bertz CT molecular complexity index is 784. The maximum atomic E-state index is 12.3. The van der Waals surface area contributed by atoms with E-state index in [1.54, 1.807) is 12.1 Å². The summed E-state index contributed by atoms with van der Waals surface area (Å²) in [5.41, 5.74) is 2.82. The molecule has 1 amide bonds. The fraction of sp³-hybridized carbons (Fsp3) is 0.368. The number of carbonyl (C=O) groups excluding carboxylic acids is 1. The summed E-state index contributed by atoms with van der Waals surface area (Å²) in [5, 5.41) is 16.0. The van der Waals surface area contributed by atoms with Crippen molar-refractivity contribution in [1.29, 1.82) is 0 Å². The Morgan fingerprint density at radius 3 is 2.65 bits per heavy atom. The Morgan fingerprint density at radius 1 is 1.17 bits per heavy atom. The Labute approximate surface area is 135 Å². The Morgan fingerprint density at radius 2 is 1.96 bits per heavy atom. The summed E-state index contributed by atoms with van der Waals surface area (Å²) in [6, 6.07) is 11.0. The number of hydrazone groups is 1. The molecule has 2 aromatic rings. The van der Waals surface area contributed by atoms with Crippen LogP contribution in [0.1, 0.15) is 36.0 Å². The van der Waals surface area contributed by atoms with Crippen LogP contribution < -0.4 is 5.43 Å². The van der Waals surface area contributed by atoms with Crippen molar-refractivity contribution in [1.82, 2.24) is 5.43 Å². The monoisotopic (exact) mass is 308 g/mol. The maximum Gasteiger partial charge on any atom is 0.275 e. The molecule has 2 fully saturated rings. The average Bonchev–Trinajstić information content (AvgIpc) is 3.17. The van der Waals surface area contributed by atoms with Crippen molar-refractivity contribution in [2.45, 2.75) is 25.7 Å². The van der Waals surface area contributed by atoms with Gasteiger partial charge in [-0.1, -0.05) is 30.7 Å². The van der Waals surface area contributed by atoms with Crippen LogP contribution in [0.15, 0.2) is 41.5 Å². The van der Waals surface area contributed by atoms with Gasteiger partial charge in [-0.3, -0.25) is 4.79 Å². The van der Waals surface area contributed by atoms with E-state index in [0.29, 0.717) is 5.92 Å². The smallest absolute Gasteiger partial charge is 0.275 e. The topological polar surface area (TPSA) is 61.7 Å². The maximum absolute atomic E-state index is 12.3. The second-order valence-electron chi connectivity index (χ2n) is 6.77. The van der Waals surface area contributed by atoms with Gasteiger partial charge in [0.15, 0.2) is 0 Å². The number of phenols is 1. The van der Waals surface area contributed by atoms with Gasteiger partial charge >= 0.3 is 0 Å². The first-order valence-corrected chi connectivity index (χ1v) is 8.26. The molecule has 2 aliphatic rings. The average molecular weight is 308 g/mol. The van der Waals surface area contributed by atoms with Crippen LogP contribution in [0.2, 0.25) is 0 Å². The number of fused-ring (bicyclic) bond motifs is 3. The van der Waals surface area contributed by atoms with Crippen molar-refractivity contribution < 1.29 is 9.90 Å². The zero-order valence-electron chi connectivity index (χ0n) is 12.9. The molecule has 118 valence electrons. The van der Waals surface area contributed by atoms with Gasteiger partial charge in [0.05, 0.1) is 5.56 Å². The van der Waals surface area contributed by atoms with E-state index in [9.17, 15) is 9.90 Å². The molecular formula is C19H20N2O2. The van der Waals surface area contributed by atoms with Crippen molar-refractivity contribution >= 4 is 22.9 Å². The molecule has 2 aromatic carbocycles. The Balaban J connectivity index is 1.47. The summed E-state index contributed by atoms with van der Waals surface area (Å²) in [5.74, 6) is 1.72. The van der Waals surface area contributed by atoms with E-state index < -0.39 is 0 Å². The number of carbonyl (C=O) groups is 1. The molecule has 3 unspecified atom stereocenters. The molecule has 2 bridgehead atoms. The number of phenolic OH excluding ortho intramolecular Hbond substituents is 1. The van der Waals surface area contributed by atoms with Crippen molar-refractivity contribution in [3.63, 3.8) is 0 Å².